The zero-order valence-electron chi connectivity index (χ0n) is 13.6. The van der Waals surface area contributed by atoms with Crippen molar-refractivity contribution in [1.29, 1.82) is 0 Å². The second-order valence-electron chi connectivity index (χ2n) is 5.76. The number of fused-ring (bicyclic) bond motifs is 1. The number of hydrogen-bond acceptors (Lipinski definition) is 3. The average molecular weight is 305 g/mol. The van der Waals surface area contributed by atoms with Gasteiger partial charge in [0, 0.05) is 17.3 Å². The van der Waals surface area contributed by atoms with E-state index in [2.05, 4.69) is 15.3 Å². The number of aryl methyl sites for hydroxylation is 3. The Kier molecular flexibility index (Phi) is 4.06. The maximum absolute atomic E-state index is 12.4. The molecule has 0 saturated carbocycles. The quantitative estimate of drug-likeness (QED) is 0.802. The number of nitrogens with zero attached hydrogens (tertiary/aromatic N) is 2. The number of pyridine rings is 2. The highest BCUT2D eigenvalue weighted by molar-refractivity contribution is 5.93. The van der Waals surface area contributed by atoms with E-state index in [1.54, 1.807) is 6.20 Å². The summed E-state index contributed by atoms with van der Waals surface area (Å²) < 4.78 is 0. The van der Waals surface area contributed by atoms with Crippen molar-refractivity contribution in [2.75, 3.05) is 5.32 Å². The Bertz CT molecular complexity index is 887. The van der Waals surface area contributed by atoms with Crippen molar-refractivity contribution in [1.82, 2.24) is 9.97 Å². The minimum atomic E-state index is -0.0774. The van der Waals surface area contributed by atoms with Crippen LogP contribution in [0.2, 0.25) is 0 Å². The molecule has 23 heavy (non-hydrogen) atoms. The SMILES string of the molecule is Cc1ccnc(NC(=O)Cc2c(C)nc3ccccc3c2C)c1. The lowest BCUT2D eigenvalue weighted by Gasteiger charge is -2.12. The van der Waals surface area contributed by atoms with E-state index < -0.39 is 0 Å². The third-order valence-corrected chi connectivity index (χ3v) is 4.01. The Hall–Kier alpha value is -2.75. The smallest absolute Gasteiger partial charge is 0.230 e. The highest BCUT2D eigenvalue weighted by atomic mass is 16.1. The van der Waals surface area contributed by atoms with Gasteiger partial charge in [0.2, 0.25) is 5.91 Å². The van der Waals surface area contributed by atoms with Crippen LogP contribution >= 0.6 is 0 Å². The average Bonchev–Trinajstić information content (AvgIpc) is 2.51. The molecule has 0 aliphatic rings. The molecule has 0 fully saturated rings. The summed E-state index contributed by atoms with van der Waals surface area (Å²) in [6.45, 7) is 5.97. The molecule has 0 bridgehead atoms. The number of carbonyl (C=O) groups excluding carboxylic acids is 1. The van der Waals surface area contributed by atoms with Gasteiger partial charge in [0.15, 0.2) is 0 Å². The van der Waals surface area contributed by atoms with E-state index in [4.69, 9.17) is 0 Å². The minimum absolute atomic E-state index is 0.0774. The third-order valence-electron chi connectivity index (χ3n) is 4.01. The van der Waals surface area contributed by atoms with E-state index in [0.29, 0.717) is 12.2 Å². The zero-order valence-corrected chi connectivity index (χ0v) is 13.6. The maximum Gasteiger partial charge on any atom is 0.230 e. The van der Waals surface area contributed by atoms with Crippen molar-refractivity contribution in [2.45, 2.75) is 27.2 Å². The normalized spacial score (nSPS) is 10.7. The topological polar surface area (TPSA) is 54.9 Å². The summed E-state index contributed by atoms with van der Waals surface area (Å²) in [5, 5.41) is 3.95. The summed E-state index contributed by atoms with van der Waals surface area (Å²) in [4.78, 5) is 21.1. The van der Waals surface area contributed by atoms with Gasteiger partial charge in [-0.25, -0.2) is 4.98 Å². The van der Waals surface area contributed by atoms with Crippen molar-refractivity contribution in [3.63, 3.8) is 0 Å². The molecule has 4 heteroatoms. The van der Waals surface area contributed by atoms with Crippen LogP contribution in [0.4, 0.5) is 5.82 Å². The summed E-state index contributed by atoms with van der Waals surface area (Å²) in [6, 6.07) is 11.8. The Morgan fingerprint density at radius 3 is 2.70 bits per heavy atom. The van der Waals surface area contributed by atoms with Gasteiger partial charge in [0.1, 0.15) is 5.82 Å². The molecule has 0 aliphatic heterocycles. The summed E-state index contributed by atoms with van der Waals surface area (Å²) in [5.41, 5.74) is 5.02. The summed E-state index contributed by atoms with van der Waals surface area (Å²) in [5.74, 6) is 0.505. The highest BCUT2D eigenvalue weighted by Crippen LogP contribution is 2.23. The van der Waals surface area contributed by atoms with Crippen LogP contribution in [0.5, 0.6) is 0 Å². The molecule has 0 radical (unpaired) electrons. The molecule has 0 spiro atoms. The standard InChI is InChI=1S/C19H19N3O/c1-12-8-9-20-18(10-12)22-19(23)11-16-13(2)15-6-4-5-7-17(15)21-14(16)3/h4-10H,11H2,1-3H3,(H,20,22,23). The van der Waals surface area contributed by atoms with Gasteiger partial charge >= 0.3 is 0 Å². The van der Waals surface area contributed by atoms with Crippen molar-refractivity contribution >= 4 is 22.6 Å². The molecule has 4 nitrogen and oxygen atoms in total. The molecule has 1 aromatic carbocycles. The van der Waals surface area contributed by atoms with E-state index in [0.717, 1.165) is 33.3 Å². The Balaban J connectivity index is 1.87. The van der Waals surface area contributed by atoms with Crippen LogP contribution in [0.25, 0.3) is 10.9 Å². The first-order valence-electron chi connectivity index (χ1n) is 7.62. The number of anilines is 1. The van der Waals surface area contributed by atoms with Crippen LogP contribution in [0.3, 0.4) is 0 Å². The van der Waals surface area contributed by atoms with E-state index in [9.17, 15) is 4.79 Å². The number of rotatable bonds is 3. The van der Waals surface area contributed by atoms with Crippen LogP contribution in [0, 0.1) is 20.8 Å². The number of amides is 1. The van der Waals surface area contributed by atoms with E-state index in [-0.39, 0.29) is 5.91 Å². The van der Waals surface area contributed by atoms with Crippen LogP contribution in [0.1, 0.15) is 22.4 Å². The van der Waals surface area contributed by atoms with Crippen LogP contribution in [-0.4, -0.2) is 15.9 Å². The molecule has 1 N–H and O–H groups in total. The molecule has 0 atom stereocenters. The number of carbonyl (C=O) groups is 1. The van der Waals surface area contributed by atoms with Gasteiger partial charge in [-0.05, 0) is 55.7 Å². The van der Waals surface area contributed by atoms with Crippen molar-refractivity contribution in [2.24, 2.45) is 0 Å². The molecule has 1 amide bonds. The largest absolute Gasteiger partial charge is 0.310 e. The summed E-state index contributed by atoms with van der Waals surface area (Å²) in [7, 11) is 0. The molecule has 116 valence electrons. The monoisotopic (exact) mass is 305 g/mol. The Morgan fingerprint density at radius 2 is 1.91 bits per heavy atom. The second kappa shape index (κ2) is 6.16. The van der Waals surface area contributed by atoms with Gasteiger partial charge in [0.25, 0.3) is 0 Å². The third kappa shape index (κ3) is 3.21. The van der Waals surface area contributed by atoms with E-state index in [1.807, 2.05) is 57.2 Å². The van der Waals surface area contributed by atoms with Crippen molar-refractivity contribution in [3.05, 3.63) is 65.0 Å². The second-order valence-corrected chi connectivity index (χ2v) is 5.76. The first-order valence-corrected chi connectivity index (χ1v) is 7.62. The Morgan fingerprint density at radius 1 is 1.13 bits per heavy atom. The molecule has 0 aliphatic carbocycles. The predicted molar refractivity (Wildman–Crippen MR) is 92.5 cm³/mol. The van der Waals surface area contributed by atoms with Crippen LogP contribution in [-0.2, 0) is 11.2 Å². The maximum atomic E-state index is 12.4. The summed E-state index contributed by atoms with van der Waals surface area (Å²) >= 11 is 0. The predicted octanol–water partition coefficient (Wildman–Crippen LogP) is 3.74. The Labute approximate surface area is 135 Å². The van der Waals surface area contributed by atoms with Gasteiger partial charge in [-0.2, -0.15) is 0 Å². The zero-order chi connectivity index (χ0) is 16.4. The first kappa shape index (κ1) is 15.2. The lowest BCUT2D eigenvalue weighted by atomic mass is 9.99. The van der Waals surface area contributed by atoms with Gasteiger partial charge in [-0.1, -0.05) is 18.2 Å². The van der Waals surface area contributed by atoms with Gasteiger partial charge < -0.3 is 5.32 Å². The fourth-order valence-electron chi connectivity index (χ4n) is 2.78. The number of nitrogens with one attached hydrogen (secondary N) is 1. The van der Waals surface area contributed by atoms with Gasteiger partial charge in [0.05, 0.1) is 11.9 Å². The molecule has 2 aromatic heterocycles. The van der Waals surface area contributed by atoms with Crippen LogP contribution < -0.4 is 5.32 Å². The number of aromatic nitrogens is 2. The van der Waals surface area contributed by atoms with E-state index >= 15 is 0 Å². The molecular formula is C19H19N3O. The van der Waals surface area contributed by atoms with Crippen LogP contribution in [0.15, 0.2) is 42.6 Å². The molecule has 0 unspecified atom stereocenters. The lowest BCUT2D eigenvalue weighted by Crippen LogP contribution is -2.17. The number of para-hydroxylation sites is 1. The highest BCUT2D eigenvalue weighted by Gasteiger charge is 2.13. The fourth-order valence-corrected chi connectivity index (χ4v) is 2.78. The van der Waals surface area contributed by atoms with Gasteiger partial charge in [-0.15, -0.1) is 0 Å². The number of benzene rings is 1. The van der Waals surface area contributed by atoms with Crippen molar-refractivity contribution < 1.29 is 4.79 Å². The number of hydrogen-bond donors (Lipinski definition) is 1. The molecule has 3 rings (SSSR count). The molecule has 3 aromatic rings. The molecule has 2 heterocycles. The molecule has 0 saturated heterocycles. The lowest BCUT2D eigenvalue weighted by molar-refractivity contribution is -0.115. The first-order chi connectivity index (χ1) is 11.0. The van der Waals surface area contributed by atoms with Gasteiger partial charge in [-0.3, -0.25) is 9.78 Å². The summed E-state index contributed by atoms with van der Waals surface area (Å²) in [6.07, 6.45) is 1.99. The minimum Gasteiger partial charge on any atom is -0.310 e. The van der Waals surface area contributed by atoms with E-state index in [1.165, 1.54) is 0 Å². The fraction of sp³-hybridized carbons (Fsp3) is 0.211. The molecular weight excluding hydrogens is 286 g/mol. The van der Waals surface area contributed by atoms with Crippen molar-refractivity contribution in [3.8, 4) is 0 Å².